The van der Waals surface area contributed by atoms with Gasteiger partial charge in [-0.2, -0.15) is 5.10 Å². The summed E-state index contributed by atoms with van der Waals surface area (Å²) < 4.78 is 5.56. The molecule has 0 unspecified atom stereocenters. The van der Waals surface area contributed by atoms with Gasteiger partial charge in [-0.15, -0.1) is 0 Å². The first kappa shape index (κ1) is 22.5. The predicted octanol–water partition coefficient (Wildman–Crippen LogP) is 4.21. The van der Waals surface area contributed by atoms with Crippen LogP contribution in [0.3, 0.4) is 0 Å². The zero-order chi connectivity index (χ0) is 22.7. The number of nitrogens with zero attached hydrogens (tertiary/aromatic N) is 5. The monoisotopic (exact) mass is 456 g/mol. The maximum atomic E-state index is 12.6. The number of benzene rings is 1. The van der Waals surface area contributed by atoms with Gasteiger partial charge in [-0.25, -0.2) is 4.99 Å². The number of hydrogen-bond donors (Lipinski definition) is 1. The van der Waals surface area contributed by atoms with Gasteiger partial charge >= 0.3 is 0 Å². The third-order valence-corrected chi connectivity index (χ3v) is 6.63. The minimum absolute atomic E-state index is 0.111. The molecule has 2 aromatic rings. The summed E-state index contributed by atoms with van der Waals surface area (Å²) in [5, 5.41) is 7.55. The van der Waals surface area contributed by atoms with Crippen LogP contribution in [0.1, 0.15) is 32.6 Å². The molecule has 0 aliphatic carbocycles. The van der Waals surface area contributed by atoms with Crippen molar-refractivity contribution in [2.75, 3.05) is 26.7 Å². The zero-order valence-corrected chi connectivity index (χ0v) is 19.3. The fourth-order valence-electron chi connectivity index (χ4n) is 4.38. The van der Waals surface area contributed by atoms with Gasteiger partial charge in [-0.05, 0) is 57.5 Å². The summed E-state index contributed by atoms with van der Waals surface area (Å²) in [6, 6.07) is 5.74. The van der Waals surface area contributed by atoms with E-state index in [9.17, 15) is 4.79 Å². The molecular weight excluding hydrogens is 428 g/mol. The number of piperidine rings is 1. The standard InChI is InChI=1S/C23H29ClN6O2/c1-15(27-21-14-18(24)17(13-20(21)25-2)19-6-9-26-28-19)30-10-7-16(8-11-30)29(3)23(31)22-5-4-12-32-22/h6,9,13-14,16,22H,2,4-5,7-8,10-12H2,1,3H3,(H,26,28)/b27-15+/t22-/m1/s1. The van der Waals surface area contributed by atoms with Gasteiger partial charge in [0, 0.05) is 44.5 Å². The Morgan fingerprint density at radius 2 is 2.09 bits per heavy atom. The summed E-state index contributed by atoms with van der Waals surface area (Å²) in [6.45, 7) is 8.03. The van der Waals surface area contributed by atoms with E-state index in [-0.39, 0.29) is 18.1 Å². The molecule has 2 aliphatic heterocycles. The average molecular weight is 457 g/mol. The van der Waals surface area contributed by atoms with Crippen molar-refractivity contribution in [3.05, 3.63) is 29.4 Å². The Hall–Kier alpha value is -2.71. The quantitative estimate of drug-likeness (QED) is 0.539. The lowest BCUT2D eigenvalue weighted by Gasteiger charge is -2.38. The minimum Gasteiger partial charge on any atom is -0.368 e. The van der Waals surface area contributed by atoms with Crippen LogP contribution in [-0.2, 0) is 9.53 Å². The second kappa shape index (κ2) is 9.83. The second-order valence-corrected chi connectivity index (χ2v) is 8.67. The van der Waals surface area contributed by atoms with Gasteiger partial charge in [-0.3, -0.25) is 14.9 Å². The highest BCUT2D eigenvalue weighted by atomic mass is 35.5. The van der Waals surface area contributed by atoms with Gasteiger partial charge in [0.05, 0.1) is 22.1 Å². The number of amides is 1. The smallest absolute Gasteiger partial charge is 0.251 e. The second-order valence-electron chi connectivity index (χ2n) is 8.27. The van der Waals surface area contributed by atoms with E-state index in [2.05, 4.69) is 26.8 Å². The molecular formula is C23H29ClN6O2. The number of carbonyl (C=O) groups is 1. The van der Waals surface area contributed by atoms with E-state index >= 15 is 0 Å². The lowest BCUT2D eigenvalue weighted by molar-refractivity contribution is -0.142. The lowest BCUT2D eigenvalue weighted by atomic mass is 10.0. The number of aromatic amines is 1. The summed E-state index contributed by atoms with van der Waals surface area (Å²) in [7, 11) is 1.90. The number of carbonyl (C=O) groups excluding carboxylic acids is 1. The van der Waals surface area contributed by atoms with Gasteiger partial charge in [0.15, 0.2) is 0 Å². The minimum atomic E-state index is -0.264. The molecule has 170 valence electrons. The zero-order valence-electron chi connectivity index (χ0n) is 18.6. The predicted molar refractivity (Wildman–Crippen MR) is 127 cm³/mol. The van der Waals surface area contributed by atoms with Crippen LogP contribution in [0.2, 0.25) is 5.02 Å². The van der Waals surface area contributed by atoms with Crippen LogP contribution < -0.4 is 0 Å². The molecule has 8 nitrogen and oxygen atoms in total. The van der Waals surface area contributed by atoms with Gasteiger partial charge in [0.1, 0.15) is 11.9 Å². The Bertz CT molecular complexity index is 992. The van der Waals surface area contributed by atoms with E-state index < -0.39 is 0 Å². The van der Waals surface area contributed by atoms with E-state index in [1.54, 1.807) is 12.3 Å². The highest BCUT2D eigenvalue weighted by Crippen LogP contribution is 2.38. The van der Waals surface area contributed by atoms with Crippen LogP contribution in [0.25, 0.3) is 11.3 Å². The van der Waals surface area contributed by atoms with Crippen LogP contribution in [0.15, 0.2) is 34.4 Å². The molecule has 0 radical (unpaired) electrons. The molecule has 1 atom stereocenters. The van der Waals surface area contributed by atoms with Crippen LogP contribution in [-0.4, -0.2) is 77.3 Å². The summed E-state index contributed by atoms with van der Waals surface area (Å²) in [4.78, 5) is 25.7. The normalized spacial score (nSPS) is 19.9. The topological polar surface area (TPSA) is 86.2 Å². The Balaban J connectivity index is 1.43. The molecule has 1 amide bonds. The largest absolute Gasteiger partial charge is 0.368 e. The van der Waals surface area contributed by atoms with Crippen molar-refractivity contribution in [3.8, 4) is 11.3 Å². The third kappa shape index (κ3) is 4.71. The average Bonchev–Trinajstić information content (AvgIpc) is 3.53. The van der Waals surface area contributed by atoms with Crippen molar-refractivity contribution in [2.45, 2.75) is 44.8 Å². The molecule has 2 saturated heterocycles. The first-order valence-corrected chi connectivity index (χ1v) is 11.3. The Labute approximate surface area is 193 Å². The van der Waals surface area contributed by atoms with E-state index in [0.717, 1.165) is 55.9 Å². The van der Waals surface area contributed by atoms with Gasteiger partial charge < -0.3 is 14.5 Å². The highest BCUT2D eigenvalue weighted by molar-refractivity contribution is 6.33. The highest BCUT2D eigenvalue weighted by Gasteiger charge is 2.32. The number of rotatable bonds is 5. The molecule has 4 rings (SSSR count). The fourth-order valence-corrected chi connectivity index (χ4v) is 4.63. The number of likely N-dealkylation sites (N-methyl/N-ethyl adjacent to an activating group) is 1. The fraction of sp³-hybridized carbons (Fsp3) is 0.478. The molecule has 1 aromatic carbocycles. The van der Waals surface area contributed by atoms with Gasteiger partial charge in [0.2, 0.25) is 0 Å². The third-order valence-electron chi connectivity index (χ3n) is 6.32. The van der Waals surface area contributed by atoms with Crippen molar-refractivity contribution in [1.82, 2.24) is 20.0 Å². The molecule has 1 aromatic heterocycles. The van der Waals surface area contributed by atoms with Crippen molar-refractivity contribution in [1.29, 1.82) is 0 Å². The first-order valence-electron chi connectivity index (χ1n) is 11.0. The van der Waals surface area contributed by atoms with Gasteiger partial charge in [0.25, 0.3) is 5.91 Å². The molecule has 32 heavy (non-hydrogen) atoms. The Morgan fingerprint density at radius 3 is 2.72 bits per heavy atom. The van der Waals surface area contributed by atoms with Crippen LogP contribution in [0.5, 0.6) is 0 Å². The van der Waals surface area contributed by atoms with Crippen LogP contribution in [0.4, 0.5) is 11.4 Å². The van der Waals surface area contributed by atoms with E-state index in [0.29, 0.717) is 23.0 Å². The van der Waals surface area contributed by atoms with E-state index in [1.807, 2.05) is 31.0 Å². The van der Waals surface area contributed by atoms with E-state index in [4.69, 9.17) is 21.3 Å². The number of amidine groups is 1. The summed E-state index contributed by atoms with van der Waals surface area (Å²) in [5.74, 6) is 1.00. The van der Waals surface area contributed by atoms with Crippen molar-refractivity contribution >= 4 is 41.4 Å². The molecule has 9 heteroatoms. The summed E-state index contributed by atoms with van der Waals surface area (Å²) in [5.41, 5.74) is 2.86. The van der Waals surface area contributed by atoms with Crippen molar-refractivity contribution in [2.24, 2.45) is 9.98 Å². The number of halogens is 1. The molecule has 3 heterocycles. The maximum absolute atomic E-state index is 12.6. The van der Waals surface area contributed by atoms with Crippen molar-refractivity contribution < 1.29 is 9.53 Å². The number of aromatic nitrogens is 2. The van der Waals surface area contributed by atoms with Crippen molar-refractivity contribution in [3.63, 3.8) is 0 Å². The van der Waals surface area contributed by atoms with Crippen LogP contribution in [0, 0.1) is 0 Å². The molecule has 0 spiro atoms. The molecule has 2 aliphatic rings. The number of hydrogen-bond acceptors (Lipinski definition) is 5. The van der Waals surface area contributed by atoms with Crippen LogP contribution >= 0.6 is 11.6 Å². The first-order chi connectivity index (χ1) is 15.5. The number of H-pyrrole nitrogens is 1. The lowest BCUT2D eigenvalue weighted by Crippen LogP contribution is -2.49. The number of nitrogens with one attached hydrogen (secondary N) is 1. The maximum Gasteiger partial charge on any atom is 0.251 e. The Morgan fingerprint density at radius 1 is 1.31 bits per heavy atom. The molecule has 0 saturated carbocycles. The van der Waals surface area contributed by atoms with Gasteiger partial charge in [-0.1, -0.05) is 11.6 Å². The van der Waals surface area contributed by atoms with E-state index in [1.165, 1.54) is 0 Å². The summed E-state index contributed by atoms with van der Waals surface area (Å²) in [6.07, 6.45) is 5.07. The molecule has 1 N–H and O–H groups in total. The molecule has 2 fully saturated rings. The molecule has 0 bridgehead atoms. The number of likely N-dealkylation sites (tertiary alicyclic amines) is 1. The number of aliphatic imine (C=N–C) groups is 2. The number of ether oxygens (including phenoxy) is 1. The Kier molecular flexibility index (Phi) is 6.91. The summed E-state index contributed by atoms with van der Waals surface area (Å²) >= 11 is 6.51. The SMILES string of the molecule is C=Nc1cc(-c2cc[nH]n2)c(Cl)cc1/N=C(\C)N1CCC(N(C)C(=O)[C@H]2CCCO2)CC1.